The molecule has 0 radical (unpaired) electrons. The summed E-state index contributed by atoms with van der Waals surface area (Å²) in [6, 6.07) is 3.90. The first-order valence-corrected chi connectivity index (χ1v) is 4.73. The zero-order chi connectivity index (χ0) is 8.39. The van der Waals surface area contributed by atoms with Crippen LogP contribution >= 0.6 is 23.6 Å². The van der Waals surface area contributed by atoms with Crippen molar-refractivity contribution in [3.63, 3.8) is 0 Å². The van der Waals surface area contributed by atoms with Crippen LogP contribution in [0.4, 0.5) is 0 Å². The van der Waals surface area contributed by atoms with Crippen LogP contribution in [0.1, 0.15) is 0 Å². The van der Waals surface area contributed by atoms with Crippen molar-refractivity contribution in [3.8, 4) is 11.3 Å². The first-order valence-electron chi connectivity index (χ1n) is 3.44. The van der Waals surface area contributed by atoms with Gasteiger partial charge in [0.1, 0.15) is 0 Å². The molecule has 0 atom stereocenters. The molecule has 0 aliphatic heterocycles. The Morgan fingerprint density at radius 2 is 2.00 bits per heavy atom. The van der Waals surface area contributed by atoms with E-state index in [1.54, 1.807) is 12.4 Å². The molecule has 0 spiro atoms. The number of nitrogens with one attached hydrogen (secondary N) is 1. The minimum absolute atomic E-state index is 0. The van der Waals surface area contributed by atoms with Gasteiger partial charge in [-0.3, -0.25) is 4.98 Å². The maximum Gasteiger partial charge on any atom is 1.00 e. The van der Waals surface area contributed by atoms with Crippen LogP contribution in [0.3, 0.4) is 0 Å². The number of pyridine rings is 1. The Morgan fingerprint density at radius 3 is 2.54 bits per heavy atom. The first-order chi connectivity index (χ1) is 5.86. The Kier molecular flexibility index (Phi) is 4.28. The minimum Gasteiger partial charge on any atom is -0.337 e. The van der Waals surface area contributed by atoms with E-state index < -0.39 is 0 Å². The van der Waals surface area contributed by atoms with Crippen molar-refractivity contribution in [1.29, 1.82) is 0 Å². The molecule has 5 heteroatoms. The molecule has 1 N–H and O–H groups in total. The van der Waals surface area contributed by atoms with Crippen molar-refractivity contribution < 1.29 is 29.6 Å². The summed E-state index contributed by atoms with van der Waals surface area (Å²) in [7, 11) is 0. The standard InChI is InChI=1S/C8H6N2S2.Na/c11-8-10-7(5-12-8)6-1-3-9-4-2-6;/h1-5H,(H,10,11);/q;+1. The van der Waals surface area contributed by atoms with Gasteiger partial charge < -0.3 is 4.98 Å². The van der Waals surface area contributed by atoms with Gasteiger partial charge in [-0.2, -0.15) is 0 Å². The molecule has 2 nitrogen and oxygen atoms in total. The predicted octanol–water partition coefficient (Wildman–Crippen LogP) is -0.128. The molecule has 2 aromatic rings. The SMILES string of the molecule is S=c1[nH]c(-c2ccncc2)cs1.[Na+]. The van der Waals surface area contributed by atoms with E-state index in [1.807, 2.05) is 17.5 Å². The average molecular weight is 217 g/mol. The van der Waals surface area contributed by atoms with Crippen LogP contribution in [0.5, 0.6) is 0 Å². The molecule has 2 heterocycles. The van der Waals surface area contributed by atoms with Crippen LogP contribution < -0.4 is 29.6 Å². The van der Waals surface area contributed by atoms with E-state index in [4.69, 9.17) is 12.2 Å². The summed E-state index contributed by atoms with van der Waals surface area (Å²) in [4.78, 5) is 7.04. The van der Waals surface area contributed by atoms with Gasteiger partial charge in [0, 0.05) is 23.3 Å². The van der Waals surface area contributed by atoms with E-state index in [9.17, 15) is 0 Å². The smallest absolute Gasteiger partial charge is 0.337 e. The number of H-pyrrole nitrogens is 1. The Hall–Kier alpha value is -0.000000000000000222. The second-order valence-electron chi connectivity index (χ2n) is 2.30. The molecule has 0 fully saturated rings. The fourth-order valence-electron chi connectivity index (χ4n) is 0.953. The van der Waals surface area contributed by atoms with E-state index in [2.05, 4.69) is 9.97 Å². The van der Waals surface area contributed by atoms with Gasteiger partial charge in [-0.25, -0.2) is 0 Å². The summed E-state index contributed by atoms with van der Waals surface area (Å²) in [6.07, 6.45) is 3.54. The Morgan fingerprint density at radius 1 is 1.31 bits per heavy atom. The molecule has 0 aliphatic rings. The third kappa shape index (κ3) is 2.72. The number of hydrogen-bond acceptors (Lipinski definition) is 3. The fourth-order valence-corrected chi connectivity index (χ4v) is 1.80. The second-order valence-corrected chi connectivity index (χ2v) is 3.84. The maximum atomic E-state index is 4.98. The summed E-state index contributed by atoms with van der Waals surface area (Å²) in [5.41, 5.74) is 2.18. The van der Waals surface area contributed by atoms with Crippen molar-refractivity contribution in [2.75, 3.05) is 0 Å². The van der Waals surface area contributed by atoms with Gasteiger partial charge in [0.2, 0.25) is 0 Å². The molecule has 60 valence electrons. The zero-order valence-corrected chi connectivity index (χ0v) is 10.8. The van der Waals surface area contributed by atoms with Crippen LogP contribution in [0.15, 0.2) is 29.9 Å². The number of thiazole rings is 1. The predicted molar refractivity (Wildman–Crippen MR) is 52.7 cm³/mol. The molecule has 0 bridgehead atoms. The fraction of sp³-hybridized carbons (Fsp3) is 0. The van der Waals surface area contributed by atoms with Crippen LogP contribution in [0, 0.1) is 3.95 Å². The number of aromatic nitrogens is 2. The first kappa shape index (κ1) is 11.1. The molecule has 0 aromatic carbocycles. The molecule has 0 saturated carbocycles. The van der Waals surface area contributed by atoms with Crippen LogP contribution in [-0.4, -0.2) is 9.97 Å². The van der Waals surface area contributed by atoms with Crippen molar-refractivity contribution in [2.45, 2.75) is 0 Å². The molecule has 2 aromatic heterocycles. The van der Waals surface area contributed by atoms with E-state index in [1.165, 1.54) is 11.3 Å². The second kappa shape index (κ2) is 5.02. The summed E-state index contributed by atoms with van der Waals surface area (Å²) in [6.45, 7) is 0. The Labute approximate surface area is 107 Å². The Bertz CT molecular complexity index is 421. The molecule has 0 saturated heterocycles. The van der Waals surface area contributed by atoms with Gasteiger partial charge in [0.15, 0.2) is 3.95 Å². The summed E-state index contributed by atoms with van der Waals surface area (Å²) in [5, 5.41) is 2.01. The number of nitrogens with zero attached hydrogens (tertiary/aromatic N) is 1. The number of aromatic amines is 1. The molecule has 0 unspecified atom stereocenters. The van der Waals surface area contributed by atoms with Gasteiger partial charge in [0.25, 0.3) is 0 Å². The molecule has 2 rings (SSSR count). The van der Waals surface area contributed by atoms with Gasteiger partial charge >= 0.3 is 29.6 Å². The number of hydrogen-bond donors (Lipinski definition) is 1. The van der Waals surface area contributed by atoms with Gasteiger partial charge in [-0.1, -0.05) is 0 Å². The van der Waals surface area contributed by atoms with Gasteiger partial charge in [-0.05, 0) is 24.4 Å². The van der Waals surface area contributed by atoms with Gasteiger partial charge in [-0.15, -0.1) is 11.3 Å². The van der Waals surface area contributed by atoms with Crippen molar-refractivity contribution in [1.82, 2.24) is 9.97 Å². The van der Waals surface area contributed by atoms with E-state index in [-0.39, 0.29) is 29.6 Å². The maximum absolute atomic E-state index is 4.98. The summed E-state index contributed by atoms with van der Waals surface area (Å²) < 4.78 is 0.807. The summed E-state index contributed by atoms with van der Waals surface area (Å²) in [5.74, 6) is 0. The normalized spacial score (nSPS) is 9.23. The van der Waals surface area contributed by atoms with E-state index >= 15 is 0 Å². The monoisotopic (exact) mass is 217 g/mol. The molecule has 0 aliphatic carbocycles. The van der Waals surface area contributed by atoms with Crippen molar-refractivity contribution >= 4 is 23.6 Å². The topological polar surface area (TPSA) is 28.7 Å². The largest absolute Gasteiger partial charge is 1.00 e. The molecule has 13 heavy (non-hydrogen) atoms. The third-order valence-electron chi connectivity index (χ3n) is 1.51. The molecular weight excluding hydrogens is 211 g/mol. The molecule has 0 amide bonds. The molecular formula is C8H6N2NaS2+. The average Bonchev–Trinajstić information content (AvgIpc) is 2.54. The third-order valence-corrected chi connectivity index (χ3v) is 2.57. The quantitative estimate of drug-likeness (QED) is 0.532. The van der Waals surface area contributed by atoms with Crippen molar-refractivity contribution in [2.24, 2.45) is 0 Å². The van der Waals surface area contributed by atoms with Crippen LogP contribution in [0.25, 0.3) is 11.3 Å². The van der Waals surface area contributed by atoms with E-state index in [0.29, 0.717) is 0 Å². The van der Waals surface area contributed by atoms with Gasteiger partial charge in [0.05, 0.1) is 5.69 Å². The van der Waals surface area contributed by atoms with E-state index in [0.717, 1.165) is 15.2 Å². The van der Waals surface area contributed by atoms with Crippen LogP contribution in [-0.2, 0) is 0 Å². The number of rotatable bonds is 1. The zero-order valence-electron chi connectivity index (χ0n) is 7.15. The van der Waals surface area contributed by atoms with Crippen molar-refractivity contribution in [3.05, 3.63) is 33.9 Å². The summed E-state index contributed by atoms with van der Waals surface area (Å²) >= 11 is 6.52. The minimum atomic E-state index is 0. The van der Waals surface area contributed by atoms with Crippen LogP contribution in [0.2, 0.25) is 0 Å². The Balaban J connectivity index is 0.000000845.